The standard InChI is InChI=1S/C23H25FN2O3/c1-3-29-23(28)17(11-16-7-5-4-6-8-16)14-25-22(27)13-19-15(2)26-21-10-9-18(24)12-20(19)21/h4-10,12,17,26H,3,11,13-14H2,1-2H3,(H,25,27). The van der Waals surface area contributed by atoms with E-state index in [0.29, 0.717) is 11.8 Å². The molecule has 6 heteroatoms. The molecule has 3 aromatic rings. The number of benzene rings is 2. The van der Waals surface area contributed by atoms with Gasteiger partial charge in [-0.05, 0) is 49.6 Å². The molecule has 2 aromatic carbocycles. The Bertz CT molecular complexity index is 998. The Kier molecular flexibility index (Phi) is 6.65. The van der Waals surface area contributed by atoms with Crippen molar-refractivity contribution in [2.45, 2.75) is 26.7 Å². The van der Waals surface area contributed by atoms with Gasteiger partial charge in [-0.3, -0.25) is 9.59 Å². The van der Waals surface area contributed by atoms with E-state index in [1.807, 2.05) is 37.3 Å². The maximum absolute atomic E-state index is 13.6. The number of ether oxygens (including phenoxy) is 1. The summed E-state index contributed by atoms with van der Waals surface area (Å²) in [5.41, 5.74) is 3.38. The second kappa shape index (κ2) is 9.37. The molecule has 0 saturated carbocycles. The molecule has 0 spiro atoms. The summed E-state index contributed by atoms with van der Waals surface area (Å²) in [6.07, 6.45) is 0.591. The molecule has 5 nitrogen and oxygen atoms in total. The van der Waals surface area contributed by atoms with Gasteiger partial charge in [-0.15, -0.1) is 0 Å². The van der Waals surface area contributed by atoms with Crippen LogP contribution >= 0.6 is 0 Å². The molecule has 152 valence electrons. The zero-order valence-corrected chi connectivity index (χ0v) is 16.6. The quantitative estimate of drug-likeness (QED) is 0.571. The number of hydrogen-bond acceptors (Lipinski definition) is 3. The first-order valence-corrected chi connectivity index (χ1v) is 9.72. The van der Waals surface area contributed by atoms with Gasteiger partial charge in [0, 0.05) is 23.1 Å². The van der Waals surface area contributed by atoms with Crippen molar-refractivity contribution in [1.29, 1.82) is 0 Å². The number of fused-ring (bicyclic) bond motifs is 1. The fourth-order valence-electron chi connectivity index (χ4n) is 3.44. The van der Waals surface area contributed by atoms with E-state index in [4.69, 9.17) is 4.74 Å². The molecule has 3 rings (SSSR count). The molecule has 1 heterocycles. The molecule has 2 N–H and O–H groups in total. The number of nitrogens with one attached hydrogen (secondary N) is 2. The van der Waals surface area contributed by atoms with E-state index in [1.165, 1.54) is 12.1 Å². The van der Waals surface area contributed by atoms with Crippen LogP contribution < -0.4 is 5.32 Å². The number of rotatable bonds is 8. The zero-order chi connectivity index (χ0) is 20.8. The van der Waals surface area contributed by atoms with Crippen LogP contribution in [-0.2, 0) is 27.2 Å². The van der Waals surface area contributed by atoms with Gasteiger partial charge in [-0.1, -0.05) is 30.3 Å². The Labute approximate surface area is 169 Å². The topological polar surface area (TPSA) is 71.2 Å². The lowest BCUT2D eigenvalue weighted by molar-refractivity contribution is -0.147. The van der Waals surface area contributed by atoms with Crippen LogP contribution in [0.2, 0.25) is 0 Å². The van der Waals surface area contributed by atoms with E-state index >= 15 is 0 Å². The van der Waals surface area contributed by atoms with Gasteiger partial charge in [-0.25, -0.2) is 4.39 Å². The molecule has 0 bridgehead atoms. The van der Waals surface area contributed by atoms with Crippen LogP contribution in [0.1, 0.15) is 23.7 Å². The number of aromatic nitrogens is 1. The van der Waals surface area contributed by atoms with Gasteiger partial charge in [0.2, 0.25) is 5.91 Å². The van der Waals surface area contributed by atoms with Crippen LogP contribution in [0.3, 0.4) is 0 Å². The third-order valence-electron chi connectivity index (χ3n) is 4.91. The summed E-state index contributed by atoms with van der Waals surface area (Å²) in [6, 6.07) is 14.1. The summed E-state index contributed by atoms with van der Waals surface area (Å²) in [5, 5.41) is 3.54. The summed E-state index contributed by atoms with van der Waals surface area (Å²) >= 11 is 0. The van der Waals surface area contributed by atoms with Gasteiger partial charge in [0.05, 0.1) is 18.9 Å². The number of halogens is 1. The number of aromatic amines is 1. The van der Waals surface area contributed by atoms with E-state index in [0.717, 1.165) is 22.3 Å². The normalized spacial score (nSPS) is 12.0. The molecule has 0 aliphatic carbocycles. The molecule has 0 aliphatic rings. The maximum Gasteiger partial charge on any atom is 0.311 e. The van der Waals surface area contributed by atoms with Gasteiger partial charge in [0.1, 0.15) is 5.82 Å². The molecule has 1 unspecified atom stereocenters. The lowest BCUT2D eigenvalue weighted by Crippen LogP contribution is -2.35. The number of esters is 1. The van der Waals surface area contributed by atoms with Crippen molar-refractivity contribution in [3.63, 3.8) is 0 Å². The van der Waals surface area contributed by atoms with Crippen LogP contribution in [0.5, 0.6) is 0 Å². The highest BCUT2D eigenvalue weighted by molar-refractivity contribution is 5.90. The number of carbonyl (C=O) groups excluding carboxylic acids is 2. The largest absolute Gasteiger partial charge is 0.466 e. The van der Waals surface area contributed by atoms with Crippen LogP contribution in [0.4, 0.5) is 4.39 Å². The predicted octanol–water partition coefficient (Wildman–Crippen LogP) is 3.70. The Morgan fingerprint density at radius 1 is 1.17 bits per heavy atom. The highest BCUT2D eigenvalue weighted by atomic mass is 19.1. The van der Waals surface area contributed by atoms with Crippen molar-refractivity contribution in [3.8, 4) is 0 Å². The highest BCUT2D eigenvalue weighted by Crippen LogP contribution is 2.23. The first-order valence-electron chi connectivity index (χ1n) is 9.72. The second-order valence-electron chi connectivity index (χ2n) is 7.04. The maximum atomic E-state index is 13.6. The van der Waals surface area contributed by atoms with E-state index in [9.17, 15) is 14.0 Å². The van der Waals surface area contributed by atoms with Crippen molar-refractivity contribution in [1.82, 2.24) is 10.3 Å². The van der Waals surface area contributed by atoms with E-state index in [-0.39, 0.29) is 37.3 Å². The molecule has 0 aliphatic heterocycles. The predicted molar refractivity (Wildman–Crippen MR) is 110 cm³/mol. The molecular weight excluding hydrogens is 371 g/mol. The van der Waals surface area contributed by atoms with Crippen molar-refractivity contribution >= 4 is 22.8 Å². The number of aryl methyl sites for hydroxylation is 1. The van der Waals surface area contributed by atoms with Gasteiger partial charge in [0.25, 0.3) is 0 Å². The minimum Gasteiger partial charge on any atom is -0.466 e. The second-order valence-corrected chi connectivity index (χ2v) is 7.04. The summed E-state index contributed by atoms with van der Waals surface area (Å²) in [6.45, 7) is 4.09. The highest BCUT2D eigenvalue weighted by Gasteiger charge is 2.22. The van der Waals surface area contributed by atoms with Gasteiger partial charge < -0.3 is 15.0 Å². The van der Waals surface area contributed by atoms with E-state index in [2.05, 4.69) is 10.3 Å². The summed E-state index contributed by atoms with van der Waals surface area (Å²) < 4.78 is 18.8. The SMILES string of the molecule is CCOC(=O)C(CNC(=O)Cc1c(C)[nH]c2ccc(F)cc12)Cc1ccccc1. The van der Waals surface area contributed by atoms with Crippen molar-refractivity contribution in [2.24, 2.45) is 5.92 Å². The fraction of sp³-hybridized carbons (Fsp3) is 0.304. The zero-order valence-electron chi connectivity index (χ0n) is 16.6. The number of H-pyrrole nitrogens is 1. The smallest absolute Gasteiger partial charge is 0.311 e. The van der Waals surface area contributed by atoms with E-state index in [1.54, 1.807) is 13.0 Å². The van der Waals surface area contributed by atoms with Gasteiger partial charge in [0.15, 0.2) is 0 Å². The lowest BCUT2D eigenvalue weighted by atomic mass is 9.99. The Morgan fingerprint density at radius 2 is 1.93 bits per heavy atom. The van der Waals surface area contributed by atoms with Gasteiger partial charge in [-0.2, -0.15) is 0 Å². The average molecular weight is 396 g/mol. The average Bonchev–Trinajstić information content (AvgIpc) is 3.00. The minimum atomic E-state index is -0.470. The number of amides is 1. The van der Waals surface area contributed by atoms with Crippen molar-refractivity contribution < 1.29 is 18.7 Å². The van der Waals surface area contributed by atoms with Crippen LogP contribution in [0, 0.1) is 18.7 Å². The molecular formula is C23H25FN2O3. The third kappa shape index (κ3) is 5.22. The molecule has 0 fully saturated rings. The van der Waals surface area contributed by atoms with Crippen molar-refractivity contribution in [3.05, 3.63) is 71.2 Å². The minimum absolute atomic E-state index is 0.107. The molecule has 0 radical (unpaired) electrons. The Balaban J connectivity index is 1.68. The molecule has 1 atom stereocenters. The molecule has 29 heavy (non-hydrogen) atoms. The Morgan fingerprint density at radius 3 is 2.66 bits per heavy atom. The molecule has 1 amide bonds. The van der Waals surface area contributed by atoms with Crippen molar-refractivity contribution in [2.75, 3.05) is 13.2 Å². The van der Waals surface area contributed by atoms with Crippen LogP contribution in [0.15, 0.2) is 48.5 Å². The lowest BCUT2D eigenvalue weighted by Gasteiger charge is -2.16. The summed E-state index contributed by atoms with van der Waals surface area (Å²) in [7, 11) is 0. The number of carbonyl (C=O) groups is 2. The summed E-state index contributed by atoms with van der Waals surface area (Å²) in [5.74, 6) is -1.37. The molecule has 0 saturated heterocycles. The first kappa shape index (κ1) is 20.6. The Hall–Kier alpha value is -3.15. The fourth-order valence-corrected chi connectivity index (χ4v) is 3.44. The monoisotopic (exact) mass is 396 g/mol. The van der Waals surface area contributed by atoms with Crippen LogP contribution in [0.25, 0.3) is 10.9 Å². The summed E-state index contributed by atoms with van der Waals surface area (Å²) in [4.78, 5) is 28.1. The van der Waals surface area contributed by atoms with Gasteiger partial charge >= 0.3 is 5.97 Å². The third-order valence-corrected chi connectivity index (χ3v) is 4.91. The van der Waals surface area contributed by atoms with Crippen LogP contribution in [-0.4, -0.2) is 30.0 Å². The number of hydrogen-bond donors (Lipinski definition) is 2. The first-order chi connectivity index (χ1) is 14.0. The van der Waals surface area contributed by atoms with E-state index < -0.39 is 5.92 Å². The molecule has 1 aromatic heterocycles.